The van der Waals surface area contributed by atoms with Crippen molar-refractivity contribution in [3.63, 3.8) is 0 Å². The summed E-state index contributed by atoms with van der Waals surface area (Å²) in [7, 11) is 1.73. The Morgan fingerprint density at radius 1 is 1.20 bits per heavy atom. The summed E-state index contributed by atoms with van der Waals surface area (Å²) < 4.78 is 39.9. The van der Waals surface area contributed by atoms with E-state index in [1.165, 1.54) is 6.20 Å². The van der Waals surface area contributed by atoms with Crippen molar-refractivity contribution in [3.05, 3.63) is 58.9 Å². The van der Waals surface area contributed by atoms with E-state index in [2.05, 4.69) is 10.3 Å². The SMILES string of the molecule is CN1C(=O)Cc2ccc(CN(Cc3cncc(C(F)(F)F)c3)C(=O)C3(CC4CC4)CCNC3)cc21. The lowest BCUT2D eigenvalue weighted by atomic mass is 9.80. The second-order valence-corrected chi connectivity index (χ2v) is 10.2. The minimum absolute atomic E-state index is 0.0144. The summed E-state index contributed by atoms with van der Waals surface area (Å²) in [6.45, 7) is 1.62. The summed E-state index contributed by atoms with van der Waals surface area (Å²) in [5, 5.41) is 3.33. The van der Waals surface area contributed by atoms with Crippen LogP contribution >= 0.6 is 0 Å². The van der Waals surface area contributed by atoms with Crippen LogP contribution < -0.4 is 10.2 Å². The standard InChI is InChI=1S/C26H29F3N4O2/c1-32-22-9-18(4-5-20(22)10-23(32)34)14-33(15-19-8-21(13-31-12-19)26(27,28)29)24(35)25(6-7-30-16-25)11-17-2-3-17/h4-5,8-9,12-13,17,30H,2-3,6-7,10-11,14-16H2,1H3. The summed E-state index contributed by atoms with van der Waals surface area (Å²) in [5.74, 6) is 0.521. The molecule has 1 unspecified atom stereocenters. The lowest BCUT2D eigenvalue weighted by molar-refractivity contribution is -0.143. The number of likely N-dealkylation sites (N-methyl/N-ethyl adjacent to an activating group) is 1. The van der Waals surface area contributed by atoms with Gasteiger partial charge in [0.15, 0.2) is 0 Å². The Balaban J connectivity index is 1.46. The Bertz CT molecular complexity index is 1140. The van der Waals surface area contributed by atoms with Gasteiger partial charge in [-0.05, 0) is 54.1 Å². The Morgan fingerprint density at radius 3 is 2.66 bits per heavy atom. The Kier molecular flexibility index (Phi) is 6.07. The number of carbonyl (C=O) groups is 2. The minimum Gasteiger partial charge on any atom is -0.333 e. The zero-order chi connectivity index (χ0) is 24.8. The van der Waals surface area contributed by atoms with Crippen molar-refractivity contribution in [2.75, 3.05) is 25.0 Å². The van der Waals surface area contributed by atoms with E-state index >= 15 is 0 Å². The lowest BCUT2D eigenvalue weighted by Crippen LogP contribution is -2.45. The van der Waals surface area contributed by atoms with E-state index in [4.69, 9.17) is 0 Å². The van der Waals surface area contributed by atoms with Crippen LogP contribution in [-0.2, 0) is 35.3 Å². The van der Waals surface area contributed by atoms with Gasteiger partial charge in [0.25, 0.3) is 0 Å². The van der Waals surface area contributed by atoms with Crippen LogP contribution in [0.5, 0.6) is 0 Å². The summed E-state index contributed by atoms with van der Waals surface area (Å²) in [4.78, 5) is 33.2. The van der Waals surface area contributed by atoms with Gasteiger partial charge in [-0.1, -0.05) is 25.0 Å². The fraction of sp³-hybridized carbons (Fsp3) is 0.500. The third-order valence-corrected chi connectivity index (χ3v) is 7.46. The molecule has 1 saturated heterocycles. The first-order valence-corrected chi connectivity index (χ1v) is 12.0. The highest BCUT2D eigenvalue weighted by atomic mass is 19.4. The van der Waals surface area contributed by atoms with Crippen LogP contribution in [0.15, 0.2) is 36.7 Å². The summed E-state index contributed by atoms with van der Waals surface area (Å²) in [6.07, 6.45) is 1.82. The number of hydrogen-bond acceptors (Lipinski definition) is 4. The maximum atomic E-state index is 14.1. The number of nitrogens with one attached hydrogen (secondary N) is 1. The number of fused-ring (bicyclic) bond motifs is 1. The van der Waals surface area contributed by atoms with Crippen LogP contribution in [0.1, 0.15) is 47.9 Å². The van der Waals surface area contributed by atoms with E-state index in [0.717, 1.165) is 61.3 Å². The molecule has 1 atom stereocenters. The first-order chi connectivity index (χ1) is 16.6. The largest absolute Gasteiger partial charge is 0.417 e. The molecule has 1 N–H and O–H groups in total. The second-order valence-electron chi connectivity index (χ2n) is 10.2. The van der Waals surface area contributed by atoms with E-state index in [9.17, 15) is 22.8 Å². The number of hydrogen-bond donors (Lipinski definition) is 1. The molecule has 1 aromatic carbocycles. The van der Waals surface area contributed by atoms with Crippen LogP contribution in [-0.4, -0.2) is 41.8 Å². The molecule has 2 fully saturated rings. The molecule has 35 heavy (non-hydrogen) atoms. The number of halogens is 3. The Hall–Kier alpha value is -2.94. The first-order valence-electron chi connectivity index (χ1n) is 12.0. The molecule has 3 aliphatic rings. The summed E-state index contributed by atoms with van der Waals surface area (Å²) in [6, 6.07) is 6.78. The first kappa shape index (κ1) is 23.8. The maximum absolute atomic E-state index is 14.1. The fourth-order valence-electron chi connectivity index (χ4n) is 5.35. The second kappa shape index (κ2) is 8.93. The molecule has 186 valence electrons. The molecule has 6 nitrogen and oxygen atoms in total. The zero-order valence-corrected chi connectivity index (χ0v) is 19.7. The van der Waals surface area contributed by atoms with Crippen molar-refractivity contribution >= 4 is 17.5 Å². The summed E-state index contributed by atoms with van der Waals surface area (Å²) >= 11 is 0. The molecule has 5 rings (SSSR count). The predicted octanol–water partition coefficient (Wildman–Crippen LogP) is 3.93. The number of pyridine rings is 1. The third-order valence-electron chi connectivity index (χ3n) is 7.46. The molecule has 0 radical (unpaired) electrons. The number of alkyl halides is 3. The van der Waals surface area contributed by atoms with Gasteiger partial charge in [0, 0.05) is 44.8 Å². The predicted molar refractivity (Wildman–Crippen MR) is 124 cm³/mol. The maximum Gasteiger partial charge on any atom is 0.417 e. The van der Waals surface area contributed by atoms with Crippen molar-refractivity contribution in [1.29, 1.82) is 0 Å². The molecule has 1 aromatic heterocycles. The molecular weight excluding hydrogens is 457 g/mol. The molecule has 0 bridgehead atoms. The zero-order valence-electron chi connectivity index (χ0n) is 19.7. The Labute approximate surface area is 202 Å². The van der Waals surface area contributed by atoms with E-state index in [1.54, 1.807) is 16.8 Å². The van der Waals surface area contributed by atoms with Crippen molar-refractivity contribution in [2.24, 2.45) is 11.3 Å². The molecule has 1 saturated carbocycles. The number of nitrogens with zero attached hydrogens (tertiary/aromatic N) is 3. The van der Waals surface area contributed by atoms with Gasteiger partial charge in [-0.2, -0.15) is 13.2 Å². The number of rotatable bonds is 7. The van der Waals surface area contributed by atoms with E-state index in [0.29, 0.717) is 24.4 Å². The van der Waals surface area contributed by atoms with Gasteiger partial charge in [-0.3, -0.25) is 14.6 Å². The number of amides is 2. The highest BCUT2D eigenvalue weighted by Gasteiger charge is 2.47. The normalized spacial score (nSPS) is 21.9. The Morgan fingerprint density at radius 2 is 1.97 bits per heavy atom. The van der Waals surface area contributed by atoms with Crippen LogP contribution in [0.25, 0.3) is 0 Å². The van der Waals surface area contributed by atoms with Crippen LogP contribution in [0, 0.1) is 11.3 Å². The molecule has 2 aromatic rings. The molecular formula is C26H29F3N4O2. The molecule has 1 aliphatic carbocycles. The van der Waals surface area contributed by atoms with E-state index in [1.807, 2.05) is 18.2 Å². The average Bonchev–Trinajstić information content (AvgIpc) is 3.42. The average molecular weight is 487 g/mol. The fourth-order valence-corrected chi connectivity index (χ4v) is 5.35. The van der Waals surface area contributed by atoms with Gasteiger partial charge in [-0.25, -0.2) is 0 Å². The molecule has 9 heteroatoms. The molecule has 3 heterocycles. The van der Waals surface area contributed by atoms with Crippen LogP contribution in [0.4, 0.5) is 18.9 Å². The third kappa shape index (κ3) is 4.91. The van der Waals surface area contributed by atoms with Crippen molar-refractivity contribution < 1.29 is 22.8 Å². The van der Waals surface area contributed by atoms with Crippen LogP contribution in [0.3, 0.4) is 0 Å². The quantitative estimate of drug-likeness (QED) is 0.644. The van der Waals surface area contributed by atoms with E-state index < -0.39 is 17.2 Å². The van der Waals surface area contributed by atoms with Crippen molar-refractivity contribution in [3.8, 4) is 0 Å². The number of carbonyl (C=O) groups excluding carboxylic acids is 2. The molecule has 2 amide bonds. The van der Waals surface area contributed by atoms with Crippen molar-refractivity contribution in [1.82, 2.24) is 15.2 Å². The highest BCUT2D eigenvalue weighted by molar-refractivity contribution is 6.01. The number of aromatic nitrogens is 1. The topological polar surface area (TPSA) is 65.5 Å². The molecule has 0 spiro atoms. The van der Waals surface area contributed by atoms with Gasteiger partial charge >= 0.3 is 6.18 Å². The highest BCUT2D eigenvalue weighted by Crippen LogP contribution is 2.45. The minimum atomic E-state index is -4.50. The van der Waals surface area contributed by atoms with Gasteiger partial charge in [0.2, 0.25) is 11.8 Å². The smallest absolute Gasteiger partial charge is 0.333 e. The lowest BCUT2D eigenvalue weighted by Gasteiger charge is -2.34. The van der Waals surface area contributed by atoms with Crippen LogP contribution in [0.2, 0.25) is 0 Å². The number of benzene rings is 1. The van der Waals surface area contributed by atoms with Gasteiger partial charge in [-0.15, -0.1) is 0 Å². The van der Waals surface area contributed by atoms with Crippen molar-refractivity contribution in [2.45, 2.75) is 51.4 Å². The molecule has 2 aliphatic heterocycles. The monoisotopic (exact) mass is 486 g/mol. The number of anilines is 1. The van der Waals surface area contributed by atoms with Gasteiger partial charge < -0.3 is 15.1 Å². The van der Waals surface area contributed by atoms with Gasteiger partial charge in [0.05, 0.1) is 17.4 Å². The van der Waals surface area contributed by atoms with Gasteiger partial charge in [0.1, 0.15) is 0 Å². The summed E-state index contributed by atoms with van der Waals surface area (Å²) in [5.41, 5.74) is 1.57. The van der Waals surface area contributed by atoms with E-state index in [-0.39, 0.29) is 24.9 Å².